The molecule has 1 aliphatic heterocycles. The van der Waals surface area contributed by atoms with E-state index in [0.29, 0.717) is 4.88 Å². The Balaban J connectivity index is 2.16. The summed E-state index contributed by atoms with van der Waals surface area (Å²) in [6, 6.07) is 3.49. The van der Waals surface area contributed by atoms with Crippen molar-refractivity contribution in [3.8, 4) is 0 Å². The third-order valence-corrected chi connectivity index (χ3v) is 3.25. The molecule has 2 rings (SSSR count). The van der Waals surface area contributed by atoms with Gasteiger partial charge in [-0.1, -0.05) is 0 Å². The van der Waals surface area contributed by atoms with E-state index in [4.69, 9.17) is 9.84 Å². The van der Waals surface area contributed by atoms with E-state index in [1.165, 1.54) is 11.3 Å². The normalized spacial score (nSPS) is 22.0. The molecule has 1 saturated heterocycles. The van der Waals surface area contributed by atoms with Gasteiger partial charge in [-0.15, -0.1) is 11.3 Å². The maximum absolute atomic E-state index is 10.6. The summed E-state index contributed by atoms with van der Waals surface area (Å²) in [5.74, 6) is -0.853. The standard InChI is InChI=1S/C9H10O3S/c10-9(11)8-4-3-7(13-8)6-2-1-5-12-6/h3-4,6H,1-2,5H2,(H,10,11)/t6-/m1/s1. The Morgan fingerprint density at radius 1 is 1.62 bits per heavy atom. The third kappa shape index (κ3) is 1.73. The van der Waals surface area contributed by atoms with Crippen LogP contribution in [0.1, 0.15) is 33.5 Å². The van der Waals surface area contributed by atoms with Crippen molar-refractivity contribution >= 4 is 17.3 Å². The minimum Gasteiger partial charge on any atom is -0.477 e. The van der Waals surface area contributed by atoms with Crippen LogP contribution >= 0.6 is 11.3 Å². The van der Waals surface area contributed by atoms with Crippen molar-refractivity contribution in [3.05, 3.63) is 21.9 Å². The van der Waals surface area contributed by atoms with Crippen LogP contribution in [0.3, 0.4) is 0 Å². The molecular weight excluding hydrogens is 188 g/mol. The maximum Gasteiger partial charge on any atom is 0.345 e. The number of rotatable bonds is 2. The number of thiophene rings is 1. The summed E-state index contributed by atoms with van der Waals surface area (Å²) in [5.41, 5.74) is 0. The predicted octanol–water partition coefficient (Wildman–Crippen LogP) is 2.30. The smallest absolute Gasteiger partial charge is 0.345 e. The maximum atomic E-state index is 10.6. The van der Waals surface area contributed by atoms with E-state index >= 15 is 0 Å². The monoisotopic (exact) mass is 198 g/mol. The zero-order valence-corrected chi connectivity index (χ0v) is 7.84. The van der Waals surface area contributed by atoms with Crippen LogP contribution in [0.15, 0.2) is 12.1 Å². The number of hydrogen-bond donors (Lipinski definition) is 1. The van der Waals surface area contributed by atoms with Gasteiger partial charge in [0.2, 0.25) is 0 Å². The molecule has 0 radical (unpaired) electrons. The Morgan fingerprint density at radius 3 is 3.00 bits per heavy atom. The number of carbonyl (C=O) groups is 1. The molecule has 3 nitrogen and oxygen atoms in total. The van der Waals surface area contributed by atoms with E-state index in [1.54, 1.807) is 6.07 Å². The number of ether oxygens (including phenoxy) is 1. The zero-order chi connectivity index (χ0) is 9.26. The third-order valence-electron chi connectivity index (χ3n) is 2.08. The van der Waals surface area contributed by atoms with Crippen LogP contribution in [-0.4, -0.2) is 17.7 Å². The van der Waals surface area contributed by atoms with Gasteiger partial charge >= 0.3 is 5.97 Å². The summed E-state index contributed by atoms with van der Waals surface area (Å²) >= 11 is 1.31. The van der Waals surface area contributed by atoms with Gasteiger partial charge in [-0.2, -0.15) is 0 Å². The summed E-state index contributed by atoms with van der Waals surface area (Å²) in [6.45, 7) is 0.797. The van der Waals surface area contributed by atoms with Crippen molar-refractivity contribution in [2.24, 2.45) is 0 Å². The topological polar surface area (TPSA) is 46.5 Å². The lowest BCUT2D eigenvalue weighted by atomic mass is 10.2. The fourth-order valence-electron chi connectivity index (χ4n) is 1.44. The first-order valence-corrected chi connectivity index (χ1v) is 5.03. The second kappa shape index (κ2) is 3.47. The molecular formula is C9H10O3S. The minimum absolute atomic E-state index is 0.137. The van der Waals surface area contributed by atoms with Crippen LogP contribution < -0.4 is 0 Å². The molecule has 1 atom stereocenters. The second-order valence-corrected chi connectivity index (χ2v) is 4.12. The highest BCUT2D eigenvalue weighted by Crippen LogP contribution is 2.33. The minimum atomic E-state index is -0.853. The molecule has 0 saturated carbocycles. The number of hydrogen-bond acceptors (Lipinski definition) is 3. The van der Waals surface area contributed by atoms with Gasteiger partial charge in [0.05, 0.1) is 6.10 Å². The largest absolute Gasteiger partial charge is 0.477 e. The molecule has 1 aromatic rings. The highest BCUT2D eigenvalue weighted by molar-refractivity contribution is 7.14. The van der Waals surface area contributed by atoms with Crippen LogP contribution in [-0.2, 0) is 4.74 Å². The molecule has 1 N–H and O–H groups in total. The van der Waals surface area contributed by atoms with E-state index in [1.807, 2.05) is 6.07 Å². The summed E-state index contributed by atoms with van der Waals surface area (Å²) in [6.07, 6.45) is 2.22. The van der Waals surface area contributed by atoms with Crippen molar-refractivity contribution < 1.29 is 14.6 Å². The first-order chi connectivity index (χ1) is 6.27. The Morgan fingerprint density at radius 2 is 2.46 bits per heavy atom. The van der Waals surface area contributed by atoms with E-state index in [9.17, 15) is 4.79 Å². The van der Waals surface area contributed by atoms with Gasteiger partial charge in [-0.3, -0.25) is 0 Å². The molecule has 13 heavy (non-hydrogen) atoms. The quantitative estimate of drug-likeness (QED) is 0.793. The first-order valence-electron chi connectivity index (χ1n) is 4.22. The van der Waals surface area contributed by atoms with Crippen LogP contribution in [0.2, 0.25) is 0 Å². The highest BCUT2D eigenvalue weighted by Gasteiger charge is 2.20. The van der Waals surface area contributed by atoms with Crippen LogP contribution in [0.4, 0.5) is 0 Å². The summed E-state index contributed by atoms with van der Waals surface area (Å²) in [7, 11) is 0. The van der Waals surface area contributed by atoms with Gasteiger partial charge < -0.3 is 9.84 Å². The molecule has 70 valence electrons. The molecule has 1 fully saturated rings. The van der Waals surface area contributed by atoms with Crippen molar-refractivity contribution in [2.75, 3.05) is 6.61 Å². The number of carboxylic acids is 1. The van der Waals surface area contributed by atoms with Gasteiger partial charge in [0.25, 0.3) is 0 Å². The van der Waals surface area contributed by atoms with Gasteiger partial charge in [-0.25, -0.2) is 4.79 Å². The molecule has 0 amide bonds. The van der Waals surface area contributed by atoms with Crippen LogP contribution in [0.25, 0.3) is 0 Å². The lowest BCUT2D eigenvalue weighted by Crippen LogP contribution is -1.92. The molecule has 1 aliphatic rings. The average Bonchev–Trinajstić information content (AvgIpc) is 2.75. The molecule has 4 heteroatoms. The van der Waals surface area contributed by atoms with Crippen molar-refractivity contribution in [1.29, 1.82) is 0 Å². The van der Waals surface area contributed by atoms with E-state index in [0.717, 1.165) is 24.3 Å². The SMILES string of the molecule is O=C(O)c1ccc([C@H]2CCCO2)s1. The van der Waals surface area contributed by atoms with Gasteiger partial charge in [0.15, 0.2) is 0 Å². The lowest BCUT2D eigenvalue weighted by Gasteiger charge is -2.04. The number of aromatic carboxylic acids is 1. The Bertz CT molecular complexity index is 312. The summed E-state index contributed by atoms with van der Waals surface area (Å²) < 4.78 is 5.45. The Hall–Kier alpha value is -0.870. The summed E-state index contributed by atoms with van der Waals surface area (Å²) in [5, 5.41) is 8.71. The summed E-state index contributed by atoms with van der Waals surface area (Å²) in [4.78, 5) is 12.0. The van der Waals surface area contributed by atoms with E-state index in [-0.39, 0.29) is 6.10 Å². The number of carboxylic acid groups (broad SMARTS) is 1. The molecule has 0 aliphatic carbocycles. The molecule has 0 bridgehead atoms. The van der Waals surface area contributed by atoms with E-state index in [2.05, 4.69) is 0 Å². The Kier molecular flexibility index (Phi) is 2.33. The van der Waals surface area contributed by atoms with Crippen LogP contribution in [0.5, 0.6) is 0 Å². The first kappa shape index (κ1) is 8.72. The van der Waals surface area contributed by atoms with Crippen molar-refractivity contribution in [1.82, 2.24) is 0 Å². The lowest BCUT2D eigenvalue weighted by molar-refractivity contribution is 0.0702. The fraction of sp³-hybridized carbons (Fsp3) is 0.444. The molecule has 0 aromatic carbocycles. The molecule has 0 unspecified atom stereocenters. The van der Waals surface area contributed by atoms with E-state index < -0.39 is 5.97 Å². The predicted molar refractivity (Wildman–Crippen MR) is 49.2 cm³/mol. The van der Waals surface area contributed by atoms with Crippen molar-refractivity contribution in [2.45, 2.75) is 18.9 Å². The van der Waals surface area contributed by atoms with Gasteiger partial charge in [-0.05, 0) is 25.0 Å². The Labute approximate surface area is 80.0 Å². The molecule has 2 heterocycles. The van der Waals surface area contributed by atoms with Crippen LogP contribution in [0, 0.1) is 0 Å². The fourth-order valence-corrected chi connectivity index (χ4v) is 2.37. The zero-order valence-electron chi connectivity index (χ0n) is 7.03. The average molecular weight is 198 g/mol. The second-order valence-electron chi connectivity index (χ2n) is 3.01. The van der Waals surface area contributed by atoms with Gasteiger partial charge in [0, 0.05) is 11.5 Å². The van der Waals surface area contributed by atoms with Crippen molar-refractivity contribution in [3.63, 3.8) is 0 Å². The highest BCUT2D eigenvalue weighted by atomic mass is 32.1. The molecule has 1 aromatic heterocycles. The van der Waals surface area contributed by atoms with Gasteiger partial charge in [0.1, 0.15) is 4.88 Å². The molecule has 0 spiro atoms.